The summed E-state index contributed by atoms with van der Waals surface area (Å²) in [5, 5.41) is 4.97. The van der Waals surface area contributed by atoms with Gasteiger partial charge < -0.3 is 15.1 Å². The van der Waals surface area contributed by atoms with Gasteiger partial charge in [-0.15, -0.1) is 11.3 Å². The van der Waals surface area contributed by atoms with E-state index in [4.69, 9.17) is 0 Å². The molecule has 3 atom stereocenters. The van der Waals surface area contributed by atoms with Crippen molar-refractivity contribution >= 4 is 34.8 Å². The second kappa shape index (κ2) is 11.3. The lowest BCUT2D eigenvalue weighted by molar-refractivity contribution is -0.137. The number of carbonyl (C=O) groups is 4. The van der Waals surface area contributed by atoms with Crippen molar-refractivity contribution in [2.45, 2.75) is 38.3 Å². The van der Waals surface area contributed by atoms with E-state index in [2.05, 4.69) is 5.32 Å². The molecular formula is C30H31N3O4S. The van der Waals surface area contributed by atoms with E-state index in [0.29, 0.717) is 43.5 Å². The first-order valence-corrected chi connectivity index (χ1v) is 13.9. The number of benzene rings is 2. The Hall–Kier alpha value is -3.78. The van der Waals surface area contributed by atoms with Crippen LogP contribution >= 0.6 is 11.3 Å². The first-order chi connectivity index (χ1) is 18.4. The number of nitrogens with zero attached hydrogens (tertiary/aromatic N) is 2. The first-order valence-electron chi connectivity index (χ1n) is 13.0. The summed E-state index contributed by atoms with van der Waals surface area (Å²) in [4.78, 5) is 55.9. The number of likely N-dealkylation sites (tertiary alicyclic amines) is 2. The molecule has 1 aromatic heterocycles. The van der Waals surface area contributed by atoms with Crippen LogP contribution in [0.1, 0.15) is 46.9 Å². The molecule has 3 heterocycles. The molecule has 2 fully saturated rings. The third-order valence-corrected chi connectivity index (χ3v) is 8.34. The third kappa shape index (κ3) is 5.41. The molecule has 0 bridgehead atoms. The Morgan fingerprint density at radius 3 is 2.45 bits per heavy atom. The predicted octanol–water partition coefficient (Wildman–Crippen LogP) is 4.26. The minimum absolute atomic E-state index is 0.0432. The lowest BCUT2D eigenvalue weighted by atomic mass is 10.0. The fourth-order valence-corrected chi connectivity index (χ4v) is 6.13. The second-order valence-electron chi connectivity index (χ2n) is 10.1. The first kappa shape index (κ1) is 25.9. The maximum absolute atomic E-state index is 13.1. The molecule has 7 nitrogen and oxygen atoms in total. The van der Waals surface area contributed by atoms with Gasteiger partial charge in [0.15, 0.2) is 5.78 Å². The van der Waals surface area contributed by atoms with Gasteiger partial charge in [0.2, 0.25) is 5.91 Å². The van der Waals surface area contributed by atoms with E-state index in [1.165, 1.54) is 0 Å². The molecule has 2 aliphatic rings. The molecule has 1 N–H and O–H groups in total. The van der Waals surface area contributed by atoms with Crippen LogP contribution in [0.4, 0.5) is 0 Å². The quantitative estimate of drug-likeness (QED) is 0.473. The van der Waals surface area contributed by atoms with Crippen molar-refractivity contribution in [3.63, 3.8) is 0 Å². The average molecular weight is 530 g/mol. The summed E-state index contributed by atoms with van der Waals surface area (Å²) in [6.45, 7) is 2.96. The average Bonchev–Trinajstić information content (AvgIpc) is 3.68. The van der Waals surface area contributed by atoms with Gasteiger partial charge in [0.1, 0.15) is 6.04 Å². The van der Waals surface area contributed by atoms with Crippen molar-refractivity contribution in [3.05, 3.63) is 83.2 Å². The number of ketones is 1. The number of carbonyl (C=O) groups excluding carboxylic acids is 4. The number of nitrogens with one attached hydrogen (secondary N) is 1. The minimum Gasteiger partial charge on any atom is -0.352 e. The molecule has 2 aromatic carbocycles. The summed E-state index contributed by atoms with van der Waals surface area (Å²) < 4.78 is 0. The molecule has 0 aliphatic carbocycles. The molecule has 0 saturated carbocycles. The van der Waals surface area contributed by atoms with Crippen molar-refractivity contribution < 1.29 is 19.2 Å². The predicted molar refractivity (Wildman–Crippen MR) is 147 cm³/mol. The summed E-state index contributed by atoms with van der Waals surface area (Å²) in [5.74, 6) is -0.394. The van der Waals surface area contributed by atoms with Gasteiger partial charge >= 0.3 is 0 Å². The fraction of sp³-hybridized carbons (Fsp3) is 0.333. The van der Waals surface area contributed by atoms with Gasteiger partial charge in [-0.2, -0.15) is 0 Å². The van der Waals surface area contributed by atoms with E-state index >= 15 is 0 Å². The Morgan fingerprint density at radius 1 is 0.974 bits per heavy atom. The van der Waals surface area contributed by atoms with Gasteiger partial charge in [0, 0.05) is 35.5 Å². The van der Waals surface area contributed by atoms with Gasteiger partial charge in [-0.1, -0.05) is 43.3 Å². The van der Waals surface area contributed by atoms with Crippen molar-refractivity contribution in [1.82, 2.24) is 15.1 Å². The SMILES string of the molecule is CC(CCNC(=O)c1ccc(-c2cccs2)cc1)CC(=O)N1CCC2C1C(=O)CN2C(=O)c1ccccc1. The summed E-state index contributed by atoms with van der Waals surface area (Å²) in [6.07, 6.45) is 1.56. The lowest BCUT2D eigenvalue weighted by Crippen LogP contribution is -2.44. The van der Waals surface area contributed by atoms with E-state index in [1.54, 1.807) is 45.4 Å². The number of rotatable bonds is 8. The van der Waals surface area contributed by atoms with Crippen LogP contribution in [0.3, 0.4) is 0 Å². The van der Waals surface area contributed by atoms with Gasteiger partial charge in [-0.3, -0.25) is 19.2 Å². The Morgan fingerprint density at radius 2 is 1.74 bits per heavy atom. The molecule has 0 radical (unpaired) electrons. The highest BCUT2D eigenvalue weighted by Gasteiger charge is 2.51. The molecule has 2 aliphatic heterocycles. The van der Waals surface area contributed by atoms with Crippen LogP contribution in [0.15, 0.2) is 72.1 Å². The summed E-state index contributed by atoms with van der Waals surface area (Å²) in [7, 11) is 0. The zero-order valence-corrected chi connectivity index (χ0v) is 22.2. The van der Waals surface area contributed by atoms with Crippen LogP contribution in [-0.2, 0) is 9.59 Å². The number of amides is 3. The molecule has 0 spiro atoms. The highest BCUT2D eigenvalue weighted by atomic mass is 32.1. The van der Waals surface area contributed by atoms with E-state index in [0.717, 1.165) is 10.4 Å². The second-order valence-corrected chi connectivity index (χ2v) is 11.0. The monoisotopic (exact) mass is 529 g/mol. The van der Waals surface area contributed by atoms with E-state index in [9.17, 15) is 19.2 Å². The molecule has 196 valence electrons. The molecular weight excluding hydrogens is 498 g/mol. The van der Waals surface area contributed by atoms with Crippen LogP contribution in [0, 0.1) is 5.92 Å². The molecule has 38 heavy (non-hydrogen) atoms. The van der Waals surface area contributed by atoms with Gasteiger partial charge in [-0.25, -0.2) is 0 Å². The van der Waals surface area contributed by atoms with E-state index in [1.807, 2.05) is 54.8 Å². The molecule has 5 rings (SSSR count). The molecule has 3 unspecified atom stereocenters. The lowest BCUT2D eigenvalue weighted by Gasteiger charge is -2.25. The van der Waals surface area contributed by atoms with Crippen molar-refractivity contribution in [1.29, 1.82) is 0 Å². The Kier molecular flexibility index (Phi) is 7.69. The highest BCUT2D eigenvalue weighted by Crippen LogP contribution is 2.32. The van der Waals surface area contributed by atoms with Gasteiger partial charge in [-0.05, 0) is 60.0 Å². The highest BCUT2D eigenvalue weighted by molar-refractivity contribution is 7.13. The van der Waals surface area contributed by atoms with Crippen molar-refractivity contribution in [3.8, 4) is 10.4 Å². The van der Waals surface area contributed by atoms with Crippen molar-refractivity contribution in [2.24, 2.45) is 5.92 Å². The van der Waals surface area contributed by atoms with Gasteiger partial charge in [0.05, 0.1) is 12.6 Å². The summed E-state index contributed by atoms with van der Waals surface area (Å²) >= 11 is 1.66. The van der Waals surface area contributed by atoms with E-state index in [-0.39, 0.29) is 42.0 Å². The largest absolute Gasteiger partial charge is 0.352 e. The standard InChI is InChI=1S/C30H31N3O4S/c1-20(13-15-31-29(36)22-11-9-21(10-12-22)26-8-5-17-38-26)18-27(35)32-16-14-24-28(32)25(34)19-33(24)30(37)23-6-3-2-4-7-23/h2-12,17,20,24,28H,13-16,18-19H2,1H3,(H,31,36). The topological polar surface area (TPSA) is 86.8 Å². The number of hydrogen-bond acceptors (Lipinski definition) is 5. The van der Waals surface area contributed by atoms with Gasteiger partial charge in [0.25, 0.3) is 11.8 Å². The Bertz CT molecular complexity index is 1310. The summed E-state index contributed by atoms with van der Waals surface area (Å²) in [5.41, 5.74) is 2.24. The summed E-state index contributed by atoms with van der Waals surface area (Å²) in [6, 6.07) is 19.7. The number of hydrogen-bond donors (Lipinski definition) is 1. The maximum Gasteiger partial charge on any atom is 0.254 e. The Balaban J connectivity index is 1.10. The third-order valence-electron chi connectivity index (χ3n) is 7.42. The minimum atomic E-state index is -0.556. The van der Waals surface area contributed by atoms with Crippen LogP contribution in [-0.4, -0.2) is 65.0 Å². The van der Waals surface area contributed by atoms with Crippen LogP contribution < -0.4 is 5.32 Å². The zero-order chi connectivity index (χ0) is 26.6. The van der Waals surface area contributed by atoms with Crippen LogP contribution in [0.5, 0.6) is 0 Å². The van der Waals surface area contributed by atoms with Crippen LogP contribution in [0.25, 0.3) is 10.4 Å². The van der Waals surface area contributed by atoms with Crippen LogP contribution in [0.2, 0.25) is 0 Å². The normalized spacial score (nSPS) is 19.3. The smallest absolute Gasteiger partial charge is 0.254 e. The molecule has 2 saturated heterocycles. The Labute approximate surface area is 226 Å². The molecule has 3 aromatic rings. The molecule has 8 heteroatoms. The zero-order valence-electron chi connectivity index (χ0n) is 21.3. The van der Waals surface area contributed by atoms with E-state index < -0.39 is 6.04 Å². The number of thiophene rings is 1. The number of fused-ring (bicyclic) bond motifs is 1. The fourth-order valence-electron chi connectivity index (χ4n) is 5.40. The van der Waals surface area contributed by atoms with Crippen molar-refractivity contribution in [2.75, 3.05) is 19.6 Å². The number of Topliss-reactive ketones (excluding diaryl/α,β-unsaturated/α-hetero) is 1. The molecule has 3 amide bonds. The maximum atomic E-state index is 13.1.